The fraction of sp³-hybridized carbons (Fsp3) is 0.333. The van der Waals surface area contributed by atoms with Crippen molar-refractivity contribution in [3.8, 4) is 12.3 Å². The first-order chi connectivity index (χ1) is 7.75. The van der Waals surface area contributed by atoms with E-state index >= 15 is 0 Å². The summed E-state index contributed by atoms with van der Waals surface area (Å²) in [4.78, 5) is 15.7. The number of terminal acetylenes is 1. The topological polar surface area (TPSA) is 42.0 Å². The van der Waals surface area contributed by atoms with E-state index in [-0.39, 0.29) is 5.91 Å². The fourth-order valence-corrected chi connectivity index (χ4v) is 1.64. The minimum absolute atomic E-state index is 0.110. The van der Waals surface area contributed by atoms with Crippen LogP contribution in [0.25, 0.3) is 0 Å². The Labute approximate surface area is 104 Å². The number of unbranched alkanes of at least 4 members (excludes halogenated alkanes) is 2. The zero-order valence-corrected chi connectivity index (χ0v) is 10.5. The highest BCUT2D eigenvalue weighted by atomic mass is 79.9. The Balaban J connectivity index is 2.36. The molecule has 1 aromatic rings. The molecule has 0 aliphatic heterocycles. The number of nitrogens with zero attached hydrogens (tertiary/aromatic N) is 1. The maximum Gasteiger partial charge on any atom is 0.254 e. The van der Waals surface area contributed by atoms with Gasteiger partial charge in [-0.3, -0.25) is 4.79 Å². The molecule has 0 spiro atoms. The highest BCUT2D eigenvalue weighted by molar-refractivity contribution is 9.10. The normalized spacial score (nSPS) is 9.50. The van der Waals surface area contributed by atoms with Crippen molar-refractivity contribution in [2.75, 3.05) is 6.54 Å². The molecule has 0 unspecified atom stereocenters. The molecule has 4 heteroatoms. The Morgan fingerprint density at radius 2 is 2.38 bits per heavy atom. The van der Waals surface area contributed by atoms with Crippen LogP contribution >= 0.6 is 15.9 Å². The number of rotatable bonds is 5. The van der Waals surface area contributed by atoms with Gasteiger partial charge in [0.25, 0.3) is 5.91 Å². The zero-order valence-electron chi connectivity index (χ0n) is 8.87. The van der Waals surface area contributed by atoms with Crippen molar-refractivity contribution in [1.29, 1.82) is 0 Å². The summed E-state index contributed by atoms with van der Waals surface area (Å²) in [5, 5.41) is 2.82. The van der Waals surface area contributed by atoms with E-state index in [1.165, 1.54) is 0 Å². The van der Waals surface area contributed by atoms with Crippen LogP contribution in [-0.2, 0) is 0 Å². The van der Waals surface area contributed by atoms with Crippen LogP contribution in [0.1, 0.15) is 29.6 Å². The van der Waals surface area contributed by atoms with Crippen LogP contribution in [0.3, 0.4) is 0 Å². The quantitative estimate of drug-likeness (QED) is 0.511. The standard InChI is InChI=1S/C12H13BrN2O/c1-2-3-4-5-8-15-12(16)10-7-6-9-14-11(10)13/h1,6-7,9H,3-5,8H2,(H,15,16). The Morgan fingerprint density at radius 1 is 1.56 bits per heavy atom. The molecule has 3 nitrogen and oxygen atoms in total. The first kappa shape index (κ1) is 12.7. The maximum absolute atomic E-state index is 11.7. The summed E-state index contributed by atoms with van der Waals surface area (Å²) in [6, 6.07) is 3.46. The Bertz CT molecular complexity index is 398. The second kappa shape index (κ2) is 7.02. The van der Waals surface area contributed by atoms with Gasteiger partial charge >= 0.3 is 0 Å². The molecule has 0 aliphatic rings. The number of carbonyl (C=O) groups is 1. The molecule has 1 amide bonds. The molecular weight excluding hydrogens is 268 g/mol. The van der Waals surface area contributed by atoms with E-state index in [1.807, 2.05) is 0 Å². The average Bonchev–Trinajstić information content (AvgIpc) is 2.29. The molecule has 0 radical (unpaired) electrons. The monoisotopic (exact) mass is 280 g/mol. The first-order valence-corrected chi connectivity index (χ1v) is 5.87. The third-order valence-electron chi connectivity index (χ3n) is 2.04. The van der Waals surface area contributed by atoms with Gasteiger partial charge in [-0.05, 0) is 40.9 Å². The van der Waals surface area contributed by atoms with Crippen molar-refractivity contribution >= 4 is 21.8 Å². The lowest BCUT2D eigenvalue weighted by atomic mass is 10.2. The molecule has 1 rings (SSSR count). The lowest BCUT2D eigenvalue weighted by molar-refractivity contribution is 0.0952. The first-order valence-electron chi connectivity index (χ1n) is 5.08. The van der Waals surface area contributed by atoms with Crippen LogP contribution < -0.4 is 5.32 Å². The van der Waals surface area contributed by atoms with Crippen LogP contribution in [0.4, 0.5) is 0 Å². The van der Waals surface area contributed by atoms with Crippen LogP contribution in [0.15, 0.2) is 22.9 Å². The van der Waals surface area contributed by atoms with Gasteiger partial charge < -0.3 is 5.32 Å². The Kier molecular flexibility index (Phi) is 5.58. The van der Waals surface area contributed by atoms with E-state index in [0.717, 1.165) is 19.3 Å². The SMILES string of the molecule is C#CCCCCNC(=O)c1cccnc1Br. The molecule has 0 saturated carbocycles. The van der Waals surface area contributed by atoms with Crippen molar-refractivity contribution in [3.63, 3.8) is 0 Å². The average molecular weight is 281 g/mol. The summed E-state index contributed by atoms with van der Waals surface area (Å²) in [5.41, 5.74) is 0.555. The predicted molar refractivity (Wildman–Crippen MR) is 67.0 cm³/mol. The molecule has 0 fully saturated rings. The molecule has 0 bridgehead atoms. The van der Waals surface area contributed by atoms with E-state index < -0.39 is 0 Å². The molecule has 0 aromatic carbocycles. The second-order valence-corrected chi connectivity index (χ2v) is 4.01. The third-order valence-corrected chi connectivity index (χ3v) is 2.67. The van der Waals surface area contributed by atoms with Gasteiger partial charge in [0.15, 0.2) is 0 Å². The number of hydrogen-bond donors (Lipinski definition) is 1. The summed E-state index contributed by atoms with van der Waals surface area (Å²) in [7, 11) is 0. The summed E-state index contributed by atoms with van der Waals surface area (Å²) in [5.74, 6) is 2.46. The van der Waals surface area contributed by atoms with Gasteiger partial charge in [0.1, 0.15) is 4.60 Å². The van der Waals surface area contributed by atoms with Gasteiger partial charge in [-0.15, -0.1) is 12.3 Å². The van der Waals surface area contributed by atoms with E-state index in [0.29, 0.717) is 16.7 Å². The van der Waals surface area contributed by atoms with Crippen molar-refractivity contribution in [2.45, 2.75) is 19.3 Å². The molecule has 84 valence electrons. The van der Waals surface area contributed by atoms with Gasteiger partial charge in [-0.2, -0.15) is 0 Å². The molecule has 16 heavy (non-hydrogen) atoms. The minimum Gasteiger partial charge on any atom is -0.352 e. The van der Waals surface area contributed by atoms with Crippen molar-refractivity contribution in [1.82, 2.24) is 10.3 Å². The van der Waals surface area contributed by atoms with Gasteiger partial charge in [0.05, 0.1) is 5.56 Å². The largest absolute Gasteiger partial charge is 0.352 e. The summed E-state index contributed by atoms with van der Waals surface area (Å²) in [6.45, 7) is 0.641. The van der Waals surface area contributed by atoms with E-state index in [9.17, 15) is 4.79 Å². The molecule has 1 N–H and O–H groups in total. The number of halogens is 1. The second-order valence-electron chi connectivity index (χ2n) is 3.26. The third kappa shape index (κ3) is 4.03. The fourth-order valence-electron chi connectivity index (χ4n) is 1.20. The molecule has 0 aliphatic carbocycles. The van der Waals surface area contributed by atoms with E-state index in [1.54, 1.807) is 18.3 Å². The van der Waals surface area contributed by atoms with E-state index in [4.69, 9.17) is 6.42 Å². The van der Waals surface area contributed by atoms with Gasteiger partial charge in [0, 0.05) is 19.2 Å². The summed E-state index contributed by atoms with van der Waals surface area (Å²) in [6.07, 6.45) is 9.35. The number of pyridine rings is 1. The minimum atomic E-state index is -0.110. The van der Waals surface area contributed by atoms with Crippen LogP contribution in [-0.4, -0.2) is 17.4 Å². The number of nitrogens with one attached hydrogen (secondary N) is 1. The number of aromatic nitrogens is 1. The Hall–Kier alpha value is -1.34. The number of carbonyl (C=O) groups excluding carboxylic acids is 1. The predicted octanol–water partition coefficient (Wildman–Crippen LogP) is 2.38. The highest BCUT2D eigenvalue weighted by Crippen LogP contribution is 2.11. The molecule has 1 aromatic heterocycles. The summed E-state index contributed by atoms with van der Waals surface area (Å²) >= 11 is 3.23. The molecule has 0 saturated heterocycles. The highest BCUT2D eigenvalue weighted by Gasteiger charge is 2.08. The van der Waals surface area contributed by atoms with Crippen LogP contribution in [0.2, 0.25) is 0 Å². The number of amides is 1. The summed E-state index contributed by atoms with van der Waals surface area (Å²) < 4.78 is 0.566. The number of hydrogen-bond acceptors (Lipinski definition) is 2. The van der Waals surface area contributed by atoms with E-state index in [2.05, 4.69) is 32.2 Å². The van der Waals surface area contributed by atoms with Crippen LogP contribution in [0, 0.1) is 12.3 Å². The molecule has 0 atom stereocenters. The smallest absolute Gasteiger partial charge is 0.254 e. The Morgan fingerprint density at radius 3 is 3.06 bits per heavy atom. The zero-order chi connectivity index (χ0) is 11.8. The van der Waals surface area contributed by atoms with Crippen molar-refractivity contribution in [2.24, 2.45) is 0 Å². The lowest BCUT2D eigenvalue weighted by Crippen LogP contribution is -2.24. The van der Waals surface area contributed by atoms with Gasteiger partial charge in [-0.25, -0.2) is 4.98 Å². The van der Waals surface area contributed by atoms with Gasteiger partial charge in [0.2, 0.25) is 0 Å². The van der Waals surface area contributed by atoms with Crippen molar-refractivity contribution in [3.05, 3.63) is 28.5 Å². The van der Waals surface area contributed by atoms with Crippen LogP contribution in [0.5, 0.6) is 0 Å². The van der Waals surface area contributed by atoms with Gasteiger partial charge in [-0.1, -0.05) is 0 Å². The van der Waals surface area contributed by atoms with Crippen molar-refractivity contribution < 1.29 is 4.79 Å². The molecule has 1 heterocycles. The molecular formula is C12H13BrN2O. The maximum atomic E-state index is 11.7. The lowest BCUT2D eigenvalue weighted by Gasteiger charge is -2.05.